The zero-order chi connectivity index (χ0) is 20.4. The van der Waals surface area contributed by atoms with Crippen LogP contribution in [0.2, 0.25) is 0 Å². The van der Waals surface area contributed by atoms with Gasteiger partial charge in [0.1, 0.15) is 0 Å². The first-order valence-electron chi connectivity index (χ1n) is 11.1. The van der Waals surface area contributed by atoms with Gasteiger partial charge in [0.05, 0.1) is 41.8 Å². The number of aryl methyl sites for hydroxylation is 1. The average molecular weight is 394 g/mol. The molecule has 1 aromatic heterocycles. The number of rotatable bonds is 4. The van der Waals surface area contributed by atoms with Gasteiger partial charge in [-0.25, -0.2) is 0 Å². The lowest BCUT2D eigenvalue weighted by atomic mass is 9.67. The first-order chi connectivity index (χ1) is 14.1. The number of nitrogens with zero attached hydrogens (tertiary/aromatic N) is 3. The van der Waals surface area contributed by atoms with Gasteiger partial charge in [-0.3, -0.25) is 9.48 Å². The SMILES string of the molecule is CCc1nn(C2CCCCC2)c2cc([C@]3(C#N)CC[C@H](C(=O)OC)CC3)ccc12. The highest BCUT2D eigenvalue weighted by atomic mass is 16.5. The maximum atomic E-state index is 11.9. The molecule has 1 heterocycles. The van der Waals surface area contributed by atoms with Crippen LogP contribution in [0.3, 0.4) is 0 Å². The van der Waals surface area contributed by atoms with E-state index >= 15 is 0 Å². The molecule has 0 amide bonds. The number of aromatic nitrogens is 2. The number of carbonyl (C=O) groups is 1. The number of esters is 1. The minimum atomic E-state index is -0.521. The van der Waals surface area contributed by atoms with Gasteiger partial charge in [-0.05, 0) is 56.6 Å². The monoisotopic (exact) mass is 393 g/mol. The van der Waals surface area contributed by atoms with Crippen molar-refractivity contribution in [2.75, 3.05) is 7.11 Å². The van der Waals surface area contributed by atoms with E-state index in [0.717, 1.165) is 17.7 Å². The van der Waals surface area contributed by atoms with Crippen molar-refractivity contribution < 1.29 is 9.53 Å². The molecule has 0 bridgehead atoms. The predicted molar refractivity (Wildman–Crippen MR) is 112 cm³/mol. The largest absolute Gasteiger partial charge is 0.469 e. The van der Waals surface area contributed by atoms with E-state index < -0.39 is 5.41 Å². The molecule has 0 aliphatic heterocycles. The molecule has 0 saturated heterocycles. The van der Waals surface area contributed by atoms with Gasteiger partial charge in [0.15, 0.2) is 0 Å². The first-order valence-corrected chi connectivity index (χ1v) is 11.1. The lowest BCUT2D eigenvalue weighted by molar-refractivity contribution is -0.146. The Hall–Kier alpha value is -2.35. The quantitative estimate of drug-likeness (QED) is 0.667. The van der Waals surface area contributed by atoms with E-state index in [1.807, 2.05) is 0 Å². The summed E-state index contributed by atoms with van der Waals surface area (Å²) in [5, 5.41) is 16.3. The lowest BCUT2D eigenvalue weighted by Gasteiger charge is -2.34. The Morgan fingerprint density at radius 2 is 1.97 bits per heavy atom. The number of ether oxygens (including phenoxy) is 1. The Kier molecular flexibility index (Phi) is 5.63. The van der Waals surface area contributed by atoms with Crippen LogP contribution in [-0.2, 0) is 21.4 Å². The molecule has 5 nitrogen and oxygen atoms in total. The zero-order valence-electron chi connectivity index (χ0n) is 17.6. The van der Waals surface area contributed by atoms with Gasteiger partial charge in [0.2, 0.25) is 0 Å². The van der Waals surface area contributed by atoms with Gasteiger partial charge in [-0.15, -0.1) is 0 Å². The van der Waals surface area contributed by atoms with Crippen LogP contribution in [0.15, 0.2) is 18.2 Å². The van der Waals surface area contributed by atoms with Crippen LogP contribution in [0.1, 0.15) is 82.0 Å². The summed E-state index contributed by atoms with van der Waals surface area (Å²) >= 11 is 0. The van der Waals surface area contributed by atoms with Crippen LogP contribution in [0.4, 0.5) is 0 Å². The molecular formula is C24H31N3O2. The van der Waals surface area contributed by atoms with E-state index in [-0.39, 0.29) is 11.9 Å². The first kappa shape index (κ1) is 19.9. The molecule has 2 aliphatic carbocycles. The van der Waals surface area contributed by atoms with Crippen molar-refractivity contribution >= 4 is 16.9 Å². The minimum Gasteiger partial charge on any atom is -0.469 e. The number of nitriles is 1. The van der Waals surface area contributed by atoms with E-state index in [1.165, 1.54) is 50.1 Å². The van der Waals surface area contributed by atoms with Crippen molar-refractivity contribution in [3.8, 4) is 6.07 Å². The van der Waals surface area contributed by atoms with Crippen molar-refractivity contribution in [3.63, 3.8) is 0 Å². The molecule has 2 fully saturated rings. The summed E-state index contributed by atoms with van der Waals surface area (Å²) in [6, 6.07) is 9.59. The summed E-state index contributed by atoms with van der Waals surface area (Å²) in [6.07, 6.45) is 9.97. The summed E-state index contributed by atoms with van der Waals surface area (Å²) < 4.78 is 7.17. The van der Waals surface area contributed by atoms with Crippen molar-refractivity contribution in [1.82, 2.24) is 9.78 Å². The molecule has 154 valence electrons. The number of hydrogen-bond acceptors (Lipinski definition) is 4. The van der Waals surface area contributed by atoms with E-state index in [2.05, 4.69) is 35.9 Å². The van der Waals surface area contributed by atoms with Gasteiger partial charge >= 0.3 is 5.97 Å². The molecule has 0 N–H and O–H groups in total. The second-order valence-electron chi connectivity index (χ2n) is 8.76. The molecule has 0 unspecified atom stereocenters. The second-order valence-corrected chi connectivity index (χ2v) is 8.76. The number of hydrogen-bond donors (Lipinski definition) is 0. The van der Waals surface area contributed by atoms with Gasteiger partial charge in [-0.1, -0.05) is 38.3 Å². The number of benzene rings is 1. The smallest absolute Gasteiger partial charge is 0.308 e. The third kappa shape index (κ3) is 3.54. The maximum absolute atomic E-state index is 11.9. The Bertz CT molecular complexity index is 925. The Morgan fingerprint density at radius 3 is 2.59 bits per heavy atom. The third-order valence-electron chi connectivity index (χ3n) is 7.18. The Morgan fingerprint density at radius 1 is 1.24 bits per heavy atom. The van der Waals surface area contributed by atoms with E-state index in [0.29, 0.717) is 31.7 Å². The van der Waals surface area contributed by atoms with E-state index in [4.69, 9.17) is 9.84 Å². The molecule has 0 atom stereocenters. The predicted octanol–water partition coefficient (Wildman–Crippen LogP) is 5.23. The molecule has 2 aliphatic rings. The Balaban J connectivity index is 1.70. The summed E-state index contributed by atoms with van der Waals surface area (Å²) in [7, 11) is 1.44. The van der Waals surface area contributed by atoms with Gasteiger partial charge in [0.25, 0.3) is 0 Å². The molecular weight excluding hydrogens is 362 g/mol. The highest BCUT2D eigenvalue weighted by Gasteiger charge is 2.40. The fraction of sp³-hybridized carbons (Fsp3) is 0.625. The minimum absolute atomic E-state index is 0.0790. The van der Waals surface area contributed by atoms with Gasteiger partial charge in [0, 0.05) is 5.39 Å². The number of carbonyl (C=O) groups excluding carboxylic acids is 1. The fourth-order valence-corrected chi connectivity index (χ4v) is 5.34. The van der Waals surface area contributed by atoms with E-state index in [9.17, 15) is 10.1 Å². The van der Waals surface area contributed by atoms with Crippen LogP contribution in [0.25, 0.3) is 10.9 Å². The molecule has 5 heteroatoms. The lowest BCUT2D eigenvalue weighted by Crippen LogP contribution is -2.33. The topological polar surface area (TPSA) is 67.9 Å². The molecule has 4 rings (SSSR count). The van der Waals surface area contributed by atoms with Crippen molar-refractivity contribution in [2.45, 2.75) is 82.6 Å². The zero-order valence-corrected chi connectivity index (χ0v) is 17.6. The average Bonchev–Trinajstić information content (AvgIpc) is 3.17. The molecule has 2 aromatic rings. The van der Waals surface area contributed by atoms with Crippen molar-refractivity contribution in [1.29, 1.82) is 5.26 Å². The molecule has 29 heavy (non-hydrogen) atoms. The number of methoxy groups -OCH3 is 1. The van der Waals surface area contributed by atoms with Crippen molar-refractivity contribution in [2.24, 2.45) is 5.92 Å². The summed E-state index contributed by atoms with van der Waals surface area (Å²) in [5.41, 5.74) is 2.89. The highest BCUT2D eigenvalue weighted by molar-refractivity contribution is 5.83. The molecule has 1 aromatic carbocycles. The second kappa shape index (κ2) is 8.18. The number of fused-ring (bicyclic) bond motifs is 1. The van der Waals surface area contributed by atoms with Crippen LogP contribution < -0.4 is 0 Å². The van der Waals surface area contributed by atoms with Crippen LogP contribution in [0, 0.1) is 17.2 Å². The highest BCUT2D eigenvalue weighted by Crippen LogP contribution is 2.43. The normalized spacial score (nSPS) is 25.6. The molecule has 0 radical (unpaired) electrons. The molecule has 2 saturated carbocycles. The summed E-state index contributed by atoms with van der Waals surface area (Å²) in [4.78, 5) is 11.9. The van der Waals surface area contributed by atoms with Gasteiger partial charge in [-0.2, -0.15) is 10.4 Å². The Labute approximate surface area is 173 Å². The fourth-order valence-electron chi connectivity index (χ4n) is 5.34. The standard InChI is InChI=1S/C24H31N3O2/c1-3-21-20-10-9-18(15-22(20)27(26-21)19-7-5-4-6-8-19)24(16-25)13-11-17(12-14-24)23(28)29-2/h9-10,15,17,19H,3-8,11-14H2,1-2H3/t17-,24+. The summed E-state index contributed by atoms with van der Waals surface area (Å²) in [5.74, 6) is -0.223. The maximum Gasteiger partial charge on any atom is 0.308 e. The molecule has 0 spiro atoms. The van der Waals surface area contributed by atoms with Crippen molar-refractivity contribution in [3.05, 3.63) is 29.5 Å². The van der Waals surface area contributed by atoms with Crippen LogP contribution >= 0.6 is 0 Å². The summed E-state index contributed by atoms with van der Waals surface area (Å²) in [6.45, 7) is 2.16. The van der Waals surface area contributed by atoms with Gasteiger partial charge < -0.3 is 4.74 Å². The van der Waals surface area contributed by atoms with E-state index in [1.54, 1.807) is 0 Å². The van der Waals surface area contributed by atoms with Crippen LogP contribution in [-0.4, -0.2) is 22.9 Å². The third-order valence-corrected chi connectivity index (χ3v) is 7.18. The van der Waals surface area contributed by atoms with Crippen LogP contribution in [0.5, 0.6) is 0 Å².